The smallest absolute Gasteiger partial charge is 0.312 e. The van der Waals surface area contributed by atoms with Crippen molar-refractivity contribution in [3.05, 3.63) is 0 Å². The van der Waals surface area contributed by atoms with Crippen LogP contribution in [0.1, 0.15) is 60.8 Å². The van der Waals surface area contributed by atoms with Crippen molar-refractivity contribution < 1.29 is 19.1 Å². The van der Waals surface area contributed by atoms with Crippen LogP contribution in [0.5, 0.6) is 0 Å². The number of cyclic esters (lactones) is 1. The molecule has 4 heteroatoms. The Morgan fingerprint density at radius 1 is 1.44 bits per heavy atom. The Morgan fingerprint density at radius 3 is 2.44 bits per heavy atom. The Morgan fingerprint density at radius 2 is 2.00 bits per heavy atom. The van der Waals surface area contributed by atoms with Gasteiger partial charge in [-0.25, -0.2) is 0 Å². The van der Waals surface area contributed by atoms with Crippen LogP contribution in [-0.4, -0.2) is 24.1 Å². The average Bonchev–Trinajstić information content (AvgIpc) is 2.30. The molecule has 0 N–H and O–H groups in total. The summed E-state index contributed by atoms with van der Waals surface area (Å²) in [6.45, 7) is 11.8. The fraction of sp³-hybridized carbons (Fsp3) is 0.857. The van der Waals surface area contributed by atoms with E-state index in [-0.39, 0.29) is 18.4 Å². The molecular formula is C14H26O4. The van der Waals surface area contributed by atoms with Crippen LogP contribution in [0, 0.1) is 5.41 Å². The summed E-state index contributed by atoms with van der Waals surface area (Å²) in [4.78, 5) is 23.1. The summed E-state index contributed by atoms with van der Waals surface area (Å²) in [6, 6.07) is 0. The van der Waals surface area contributed by atoms with Crippen LogP contribution in [-0.2, 0) is 19.1 Å². The van der Waals surface area contributed by atoms with Gasteiger partial charge in [-0.05, 0) is 27.2 Å². The minimum Gasteiger partial charge on any atom is -0.465 e. The highest BCUT2D eigenvalue weighted by molar-refractivity contribution is 5.77. The molecule has 0 radical (unpaired) electrons. The summed E-state index contributed by atoms with van der Waals surface area (Å²) in [5.41, 5.74) is -1.19. The molecule has 1 atom stereocenters. The van der Waals surface area contributed by atoms with Crippen molar-refractivity contribution >= 4 is 11.9 Å². The maximum atomic E-state index is 11.9. The summed E-state index contributed by atoms with van der Waals surface area (Å²) in [6.07, 6.45) is 1.44. The Kier molecular flexibility index (Phi) is 6.36. The van der Waals surface area contributed by atoms with Crippen molar-refractivity contribution in [3.8, 4) is 0 Å². The molecule has 0 amide bonds. The molecule has 1 saturated heterocycles. The van der Waals surface area contributed by atoms with E-state index in [0.717, 1.165) is 0 Å². The molecular weight excluding hydrogens is 232 g/mol. The Balaban J connectivity index is 0.00000137. The second kappa shape index (κ2) is 6.76. The average molecular weight is 258 g/mol. The van der Waals surface area contributed by atoms with E-state index in [4.69, 9.17) is 9.47 Å². The topological polar surface area (TPSA) is 52.6 Å². The molecule has 0 aromatic heterocycles. The molecule has 4 nitrogen and oxygen atoms in total. The third-order valence-electron chi connectivity index (χ3n) is 3.19. The summed E-state index contributed by atoms with van der Waals surface area (Å²) in [5.74, 6) is -0.539. The summed E-state index contributed by atoms with van der Waals surface area (Å²) in [7, 11) is 0. The van der Waals surface area contributed by atoms with E-state index in [9.17, 15) is 9.59 Å². The molecule has 106 valence electrons. The zero-order valence-electron chi connectivity index (χ0n) is 12.5. The number of rotatable bonds is 3. The van der Waals surface area contributed by atoms with Gasteiger partial charge in [0.1, 0.15) is 5.60 Å². The van der Waals surface area contributed by atoms with Gasteiger partial charge in [0.05, 0.1) is 18.4 Å². The van der Waals surface area contributed by atoms with Crippen LogP contribution < -0.4 is 0 Å². The van der Waals surface area contributed by atoms with Crippen LogP contribution >= 0.6 is 0 Å². The van der Waals surface area contributed by atoms with Crippen LogP contribution in [0.2, 0.25) is 0 Å². The van der Waals surface area contributed by atoms with Gasteiger partial charge in [-0.3, -0.25) is 9.59 Å². The van der Waals surface area contributed by atoms with Gasteiger partial charge >= 0.3 is 11.9 Å². The van der Waals surface area contributed by atoms with E-state index in [1.807, 2.05) is 34.6 Å². The first kappa shape index (κ1) is 16.9. The highest BCUT2D eigenvalue weighted by Gasteiger charge is 2.39. The fourth-order valence-electron chi connectivity index (χ4n) is 1.42. The first-order valence-electron chi connectivity index (χ1n) is 6.68. The Bertz CT molecular complexity index is 296. The number of ether oxygens (including phenoxy) is 2. The van der Waals surface area contributed by atoms with Crippen molar-refractivity contribution in [2.75, 3.05) is 6.61 Å². The van der Waals surface area contributed by atoms with Gasteiger partial charge in [0, 0.05) is 6.42 Å². The van der Waals surface area contributed by atoms with E-state index in [0.29, 0.717) is 19.4 Å². The monoisotopic (exact) mass is 258 g/mol. The number of hydrogen-bond donors (Lipinski definition) is 0. The molecule has 1 heterocycles. The largest absolute Gasteiger partial charge is 0.465 e. The molecule has 0 aromatic rings. The van der Waals surface area contributed by atoms with Crippen molar-refractivity contribution in [2.45, 2.75) is 66.4 Å². The second-order valence-electron chi connectivity index (χ2n) is 5.22. The van der Waals surface area contributed by atoms with Crippen molar-refractivity contribution in [1.82, 2.24) is 0 Å². The zero-order chi connectivity index (χ0) is 14.4. The van der Waals surface area contributed by atoms with Gasteiger partial charge in [-0.1, -0.05) is 20.8 Å². The second-order valence-corrected chi connectivity index (χ2v) is 5.22. The quantitative estimate of drug-likeness (QED) is 0.730. The highest BCUT2D eigenvalue weighted by atomic mass is 16.6. The summed E-state index contributed by atoms with van der Waals surface area (Å²) in [5, 5.41) is 0. The Labute approximate surface area is 110 Å². The van der Waals surface area contributed by atoms with E-state index in [1.54, 1.807) is 6.92 Å². The molecule has 1 aliphatic rings. The van der Waals surface area contributed by atoms with Crippen LogP contribution in [0.3, 0.4) is 0 Å². The van der Waals surface area contributed by atoms with Gasteiger partial charge in [0.2, 0.25) is 0 Å². The maximum Gasteiger partial charge on any atom is 0.312 e. The first-order chi connectivity index (χ1) is 8.29. The van der Waals surface area contributed by atoms with E-state index in [1.165, 1.54) is 0 Å². The number of carbonyl (C=O) groups excluding carboxylic acids is 2. The molecule has 0 aliphatic carbocycles. The van der Waals surface area contributed by atoms with Gasteiger partial charge in [0.15, 0.2) is 0 Å². The number of carbonyl (C=O) groups is 2. The van der Waals surface area contributed by atoms with Crippen molar-refractivity contribution in [1.29, 1.82) is 0 Å². The number of esters is 2. The lowest BCUT2D eigenvalue weighted by Crippen LogP contribution is -2.43. The third kappa shape index (κ3) is 4.67. The normalized spacial score (nSPS) is 23.6. The predicted octanol–water partition coefficient (Wildman–Crippen LogP) is 3.09. The lowest BCUT2D eigenvalue weighted by Gasteiger charge is -2.35. The molecule has 0 aromatic carbocycles. The standard InChI is InChI=1S/C12H20O4.C2H6/c1-5-11(2,3)10(14)16-12(4)6-7-15-9(13)8-12;1-2/h5-8H2,1-4H3;1-2H3. The summed E-state index contributed by atoms with van der Waals surface area (Å²) < 4.78 is 10.3. The molecule has 0 saturated carbocycles. The third-order valence-corrected chi connectivity index (χ3v) is 3.19. The minimum absolute atomic E-state index is 0.151. The number of hydrogen-bond acceptors (Lipinski definition) is 4. The molecule has 18 heavy (non-hydrogen) atoms. The van der Waals surface area contributed by atoms with E-state index >= 15 is 0 Å². The van der Waals surface area contributed by atoms with Gasteiger partial charge in [-0.15, -0.1) is 0 Å². The zero-order valence-corrected chi connectivity index (χ0v) is 12.5. The Hall–Kier alpha value is -1.06. The lowest BCUT2D eigenvalue weighted by atomic mass is 9.89. The van der Waals surface area contributed by atoms with E-state index in [2.05, 4.69) is 0 Å². The van der Waals surface area contributed by atoms with Gasteiger partial charge in [0.25, 0.3) is 0 Å². The highest BCUT2D eigenvalue weighted by Crippen LogP contribution is 2.30. The van der Waals surface area contributed by atoms with E-state index < -0.39 is 11.0 Å². The SMILES string of the molecule is CC.CCC(C)(C)C(=O)OC1(C)CCOC(=O)C1. The molecule has 1 aliphatic heterocycles. The lowest BCUT2D eigenvalue weighted by molar-refractivity contribution is -0.182. The summed E-state index contributed by atoms with van der Waals surface area (Å²) >= 11 is 0. The first-order valence-corrected chi connectivity index (χ1v) is 6.68. The van der Waals surface area contributed by atoms with Gasteiger partial charge in [-0.2, -0.15) is 0 Å². The fourth-order valence-corrected chi connectivity index (χ4v) is 1.42. The molecule has 1 rings (SSSR count). The van der Waals surface area contributed by atoms with Crippen molar-refractivity contribution in [2.24, 2.45) is 5.41 Å². The van der Waals surface area contributed by atoms with Crippen LogP contribution in [0.15, 0.2) is 0 Å². The van der Waals surface area contributed by atoms with Gasteiger partial charge < -0.3 is 9.47 Å². The predicted molar refractivity (Wildman–Crippen MR) is 70.1 cm³/mol. The maximum absolute atomic E-state index is 11.9. The van der Waals surface area contributed by atoms with Crippen LogP contribution in [0.25, 0.3) is 0 Å². The van der Waals surface area contributed by atoms with Crippen molar-refractivity contribution in [3.63, 3.8) is 0 Å². The molecule has 0 spiro atoms. The van der Waals surface area contributed by atoms with Crippen LogP contribution in [0.4, 0.5) is 0 Å². The molecule has 1 fully saturated rings. The molecule has 1 unspecified atom stereocenters. The molecule has 0 bridgehead atoms. The minimum atomic E-state index is -0.696.